The fourth-order valence-corrected chi connectivity index (χ4v) is 6.51. The minimum Gasteiger partial charge on any atom is -0.508 e. The van der Waals surface area contributed by atoms with Gasteiger partial charge in [0.05, 0.1) is 7.11 Å². The summed E-state index contributed by atoms with van der Waals surface area (Å²) >= 11 is 1.89. The number of phenols is 1. The standard InChI is InChI=1S/C32H33NO4S/c1-33(26-7-10-29(37-2)11-8-26)32(36)24-15-22-5-3-4-21(14-22)12-13-38-20-25-16-23-6-9-27(34)18-30(23)31(25)19-28(35)17-24/h3-11,14,18,24,34H,12-13,15-17,19-20H2,1-2H3/t24-/m1/s1. The molecular weight excluding hydrogens is 494 g/mol. The van der Waals surface area contributed by atoms with E-state index in [9.17, 15) is 14.7 Å². The van der Waals surface area contributed by atoms with Crippen molar-refractivity contribution in [2.75, 3.05) is 30.6 Å². The minimum absolute atomic E-state index is 0.0494. The number of amides is 1. The third kappa shape index (κ3) is 5.81. The molecule has 0 fully saturated rings. The summed E-state index contributed by atoms with van der Waals surface area (Å²) in [7, 11) is 3.38. The van der Waals surface area contributed by atoms with E-state index in [0.717, 1.165) is 58.0 Å². The van der Waals surface area contributed by atoms with Gasteiger partial charge in [-0.25, -0.2) is 0 Å². The first-order valence-electron chi connectivity index (χ1n) is 13.0. The highest BCUT2D eigenvalue weighted by Crippen LogP contribution is 2.39. The van der Waals surface area contributed by atoms with Gasteiger partial charge in [-0.3, -0.25) is 9.59 Å². The molecule has 5 rings (SSSR count). The Kier molecular flexibility index (Phi) is 7.89. The van der Waals surface area contributed by atoms with Gasteiger partial charge >= 0.3 is 0 Å². The van der Waals surface area contributed by atoms with Gasteiger partial charge in [0.15, 0.2) is 0 Å². The van der Waals surface area contributed by atoms with Gasteiger partial charge in [-0.15, -0.1) is 0 Å². The minimum atomic E-state index is -0.476. The second-order valence-corrected chi connectivity index (χ2v) is 11.2. The molecule has 1 aliphatic heterocycles. The van der Waals surface area contributed by atoms with Crippen molar-refractivity contribution < 1.29 is 19.4 Å². The molecule has 1 N–H and O–H groups in total. The van der Waals surface area contributed by atoms with E-state index in [-0.39, 0.29) is 30.3 Å². The van der Waals surface area contributed by atoms with Crippen molar-refractivity contribution in [1.82, 2.24) is 0 Å². The number of carbonyl (C=O) groups is 2. The van der Waals surface area contributed by atoms with E-state index in [2.05, 4.69) is 24.3 Å². The Hall–Kier alpha value is -3.51. The van der Waals surface area contributed by atoms with Gasteiger partial charge in [-0.2, -0.15) is 11.8 Å². The quantitative estimate of drug-likeness (QED) is 0.461. The lowest BCUT2D eigenvalue weighted by molar-refractivity contribution is -0.127. The first kappa shape index (κ1) is 26.1. The molecule has 1 atom stereocenters. The number of benzene rings is 3. The predicted molar refractivity (Wildman–Crippen MR) is 154 cm³/mol. The van der Waals surface area contributed by atoms with Crippen molar-refractivity contribution in [3.05, 3.63) is 94.6 Å². The van der Waals surface area contributed by atoms with Crippen molar-refractivity contribution in [2.24, 2.45) is 5.92 Å². The third-order valence-corrected chi connectivity index (χ3v) is 8.57. The average Bonchev–Trinajstić information content (AvgIpc) is 3.25. The maximum absolute atomic E-state index is 13.8. The molecule has 0 saturated heterocycles. The number of hydrogen-bond acceptors (Lipinski definition) is 5. The highest BCUT2D eigenvalue weighted by Gasteiger charge is 2.29. The Balaban J connectivity index is 1.45. The molecule has 0 aromatic heterocycles. The normalized spacial score (nSPS) is 17.8. The molecule has 0 unspecified atom stereocenters. The number of thioether (sulfide) groups is 1. The number of aryl methyl sites for hydroxylation is 1. The lowest BCUT2D eigenvalue weighted by Crippen LogP contribution is -2.35. The van der Waals surface area contributed by atoms with E-state index in [1.54, 1.807) is 31.2 Å². The van der Waals surface area contributed by atoms with E-state index in [1.165, 1.54) is 11.1 Å². The van der Waals surface area contributed by atoms with Crippen LogP contribution in [-0.4, -0.2) is 42.5 Å². The van der Waals surface area contributed by atoms with Crippen LogP contribution in [0.3, 0.4) is 0 Å². The number of allylic oxidation sites excluding steroid dienone is 1. The zero-order valence-corrected chi connectivity index (χ0v) is 22.7. The highest BCUT2D eigenvalue weighted by molar-refractivity contribution is 7.99. The SMILES string of the molecule is COc1ccc(N(C)C(=O)[C@H]2CC(=O)CC3=C(CSCCc4cccc(c4)C2)Cc2ccc(O)cc23)cc1. The molecule has 1 aliphatic carbocycles. The van der Waals surface area contributed by atoms with Gasteiger partial charge in [0.1, 0.15) is 17.3 Å². The first-order valence-corrected chi connectivity index (χ1v) is 14.2. The van der Waals surface area contributed by atoms with Crippen LogP contribution in [0.2, 0.25) is 0 Å². The fourth-order valence-electron chi connectivity index (χ4n) is 5.46. The smallest absolute Gasteiger partial charge is 0.230 e. The Morgan fingerprint density at radius 3 is 2.58 bits per heavy atom. The van der Waals surface area contributed by atoms with E-state index < -0.39 is 5.92 Å². The van der Waals surface area contributed by atoms with Gasteiger partial charge in [0, 0.05) is 37.2 Å². The maximum atomic E-state index is 13.8. The van der Waals surface area contributed by atoms with Crippen LogP contribution < -0.4 is 9.64 Å². The van der Waals surface area contributed by atoms with Gasteiger partial charge in [-0.05, 0) is 89.2 Å². The third-order valence-electron chi connectivity index (χ3n) is 7.52. The first-order chi connectivity index (χ1) is 18.4. The van der Waals surface area contributed by atoms with Crippen LogP contribution in [0.5, 0.6) is 11.5 Å². The van der Waals surface area contributed by atoms with Crippen LogP contribution in [0.1, 0.15) is 35.1 Å². The van der Waals surface area contributed by atoms with Crippen molar-refractivity contribution in [3.63, 3.8) is 0 Å². The molecule has 3 aromatic rings. The Labute approximate surface area is 228 Å². The molecule has 1 amide bonds. The number of nitrogens with zero attached hydrogens (tertiary/aromatic N) is 1. The van der Waals surface area contributed by atoms with E-state index in [4.69, 9.17) is 4.74 Å². The number of anilines is 1. The van der Waals surface area contributed by atoms with Crippen LogP contribution >= 0.6 is 11.8 Å². The number of rotatable bonds is 3. The number of aromatic hydroxyl groups is 1. The summed E-state index contributed by atoms with van der Waals surface area (Å²) in [5.74, 6) is 2.29. The second-order valence-electron chi connectivity index (χ2n) is 10.1. The largest absolute Gasteiger partial charge is 0.508 e. The molecule has 0 spiro atoms. The Bertz CT molecular complexity index is 1380. The second kappa shape index (κ2) is 11.5. The van der Waals surface area contributed by atoms with Crippen LogP contribution in [0, 0.1) is 5.92 Å². The monoisotopic (exact) mass is 527 g/mol. The maximum Gasteiger partial charge on any atom is 0.230 e. The summed E-state index contributed by atoms with van der Waals surface area (Å²) in [6, 6.07) is 21.3. The number of phenolic OH excluding ortho intramolecular Hbond substituents is 1. The molecule has 3 aromatic carbocycles. The number of ketones is 1. The summed E-state index contributed by atoms with van der Waals surface area (Å²) in [6.45, 7) is 0. The molecule has 196 valence electrons. The Morgan fingerprint density at radius 2 is 1.79 bits per heavy atom. The molecule has 0 saturated carbocycles. The van der Waals surface area contributed by atoms with Crippen LogP contribution in [-0.2, 0) is 28.9 Å². The van der Waals surface area contributed by atoms with E-state index >= 15 is 0 Å². The summed E-state index contributed by atoms with van der Waals surface area (Å²) in [5.41, 5.74) is 7.51. The molecule has 38 heavy (non-hydrogen) atoms. The number of fused-ring (bicyclic) bond motifs is 4. The summed E-state index contributed by atoms with van der Waals surface area (Å²) < 4.78 is 5.26. The average molecular weight is 528 g/mol. The molecule has 1 heterocycles. The van der Waals surface area contributed by atoms with Crippen molar-refractivity contribution in [3.8, 4) is 11.5 Å². The van der Waals surface area contributed by atoms with Gasteiger partial charge < -0.3 is 14.7 Å². The van der Waals surface area contributed by atoms with Crippen LogP contribution in [0.4, 0.5) is 5.69 Å². The summed E-state index contributed by atoms with van der Waals surface area (Å²) in [5, 5.41) is 10.1. The molecule has 0 radical (unpaired) electrons. The number of ether oxygens (including phenoxy) is 1. The molecule has 2 bridgehead atoms. The van der Waals surface area contributed by atoms with Crippen LogP contribution in [0.25, 0.3) is 5.57 Å². The summed E-state index contributed by atoms with van der Waals surface area (Å²) in [4.78, 5) is 29.0. The number of carbonyl (C=O) groups excluding carboxylic acids is 2. The lowest BCUT2D eigenvalue weighted by Gasteiger charge is -2.24. The van der Waals surface area contributed by atoms with Gasteiger partial charge in [0.2, 0.25) is 5.91 Å². The number of Topliss-reactive ketones (excluding diaryl/α,β-unsaturated/α-hetero) is 1. The van der Waals surface area contributed by atoms with Gasteiger partial charge in [0.25, 0.3) is 0 Å². The summed E-state index contributed by atoms with van der Waals surface area (Å²) in [6.07, 6.45) is 2.72. The van der Waals surface area contributed by atoms with Crippen molar-refractivity contribution >= 4 is 34.7 Å². The zero-order chi connectivity index (χ0) is 26.6. The Morgan fingerprint density at radius 1 is 1.00 bits per heavy atom. The van der Waals surface area contributed by atoms with Crippen molar-refractivity contribution in [2.45, 2.75) is 32.1 Å². The van der Waals surface area contributed by atoms with E-state index in [0.29, 0.717) is 6.42 Å². The molecular formula is C32H33NO4S. The molecule has 5 nitrogen and oxygen atoms in total. The topological polar surface area (TPSA) is 66.8 Å². The lowest BCUT2D eigenvalue weighted by atomic mass is 9.89. The predicted octanol–water partition coefficient (Wildman–Crippen LogP) is 5.87. The molecule has 2 aliphatic rings. The number of methoxy groups -OCH3 is 1. The number of hydrogen-bond donors (Lipinski definition) is 1. The van der Waals surface area contributed by atoms with Crippen LogP contribution in [0.15, 0.2) is 72.3 Å². The van der Waals surface area contributed by atoms with E-state index in [1.807, 2.05) is 42.1 Å². The van der Waals surface area contributed by atoms with Crippen molar-refractivity contribution in [1.29, 1.82) is 0 Å². The highest BCUT2D eigenvalue weighted by atomic mass is 32.2. The fraction of sp³-hybridized carbons (Fsp3) is 0.312. The zero-order valence-electron chi connectivity index (χ0n) is 21.9. The molecule has 6 heteroatoms. The van der Waals surface area contributed by atoms with Gasteiger partial charge in [-0.1, -0.05) is 35.9 Å².